The molecule has 2 saturated heterocycles. The van der Waals surface area contributed by atoms with E-state index >= 15 is 0 Å². The van der Waals surface area contributed by atoms with Crippen LogP contribution in [0.25, 0.3) is 0 Å². The van der Waals surface area contributed by atoms with Gasteiger partial charge in [0.1, 0.15) is 0 Å². The van der Waals surface area contributed by atoms with Crippen molar-refractivity contribution in [2.24, 2.45) is 0 Å². The molecule has 2 fully saturated rings. The van der Waals surface area contributed by atoms with E-state index in [1.165, 1.54) is 6.20 Å². The normalized spacial score (nSPS) is 19.3. The highest BCUT2D eigenvalue weighted by atomic mass is 16.5. The molecule has 0 radical (unpaired) electrons. The van der Waals surface area contributed by atoms with E-state index in [0.29, 0.717) is 38.3 Å². The molecule has 0 atom stereocenters. The van der Waals surface area contributed by atoms with Gasteiger partial charge in [-0.3, -0.25) is 19.4 Å². The summed E-state index contributed by atoms with van der Waals surface area (Å²) in [4.78, 5) is 43.5. The number of hydrogen-bond acceptors (Lipinski definition) is 5. The number of morpholine rings is 1. The zero-order chi connectivity index (χ0) is 18.6. The van der Waals surface area contributed by atoms with Crippen LogP contribution in [0.5, 0.6) is 0 Å². The van der Waals surface area contributed by atoms with Gasteiger partial charge in [-0.2, -0.15) is 0 Å². The molecule has 1 N–H and O–H groups in total. The monoisotopic (exact) mass is 360 g/mol. The zero-order valence-corrected chi connectivity index (χ0v) is 14.9. The van der Waals surface area contributed by atoms with E-state index in [1.807, 2.05) is 4.90 Å². The maximum atomic E-state index is 12.5. The van der Waals surface area contributed by atoms with Crippen molar-refractivity contribution < 1.29 is 19.1 Å². The van der Waals surface area contributed by atoms with Crippen molar-refractivity contribution in [2.45, 2.75) is 25.4 Å². The van der Waals surface area contributed by atoms with Crippen LogP contribution in [0.1, 0.15) is 30.1 Å². The minimum absolute atomic E-state index is 0.0522. The Kier molecular flexibility index (Phi) is 5.51. The van der Waals surface area contributed by atoms with Crippen molar-refractivity contribution in [3.8, 4) is 0 Å². The van der Waals surface area contributed by atoms with Crippen molar-refractivity contribution in [3.63, 3.8) is 0 Å². The zero-order valence-electron chi connectivity index (χ0n) is 14.9. The summed E-state index contributed by atoms with van der Waals surface area (Å²) in [5.74, 6) is -0.371. The lowest BCUT2D eigenvalue weighted by atomic mass is 9.89. The number of aromatic nitrogens is 1. The van der Waals surface area contributed by atoms with E-state index in [2.05, 4.69) is 10.3 Å². The molecular formula is C18H24N4O4. The number of likely N-dealkylation sites (tertiary alicyclic amines) is 1. The lowest BCUT2D eigenvalue weighted by Gasteiger charge is -2.47. The molecule has 1 aromatic rings. The maximum Gasteiger partial charge on any atom is 0.253 e. The molecule has 0 aromatic carbocycles. The molecule has 2 aliphatic rings. The summed E-state index contributed by atoms with van der Waals surface area (Å²) >= 11 is 0. The first kappa shape index (κ1) is 18.3. The highest BCUT2D eigenvalue weighted by Gasteiger charge is 2.41. The second-order valence-electron chi connectivity index (χ2n) is 6.78. The topological polar surface area (TPSA) is 91.8 Å². The number of nitrogens with one attached hydrogen (secondary N) is 1. The molecule has 0 unspecified atom stereocenters. The Morgan fingerprint density at radius 2 is 2.00 bits per heavy atom. The van der Waals surface area contributed by atoms with Crippen LogP contribution < -0.4 is 5.32 Å². The molecule has 2 aliphatic heterocycles. The number of hydrogen-bond donors (Lipinski definition) is 1. The largest absolute Gasteiger partial charge is 0.371 e. The number of ether oxygens (including phenoxy) is 1. The fraction of sp³-hybridized carbons (Fsp3) is 0.556. The van der Waals surface area contributed by atoms with Gasteiger partial charge in [0.15, 0.2) is 0 Å². The molecule has 0 saturated carbocycles. The molecule has 3 rings (SSSR count). The Bertz CT molecular complexity index is 671. The number of piperidine rings is 1. The van der Waals surface area contributed by atoms with Crippen LogP contribution in [-0.4, -0.2) is 77.4 Å². The Hall–Kier alpha value is -2.48. The summed E-state index contributed by atoms with van der Waals surface area (Å²) in [6, 6.07) is 3.33. The number of pyridine rings is 1. The summed E-state index contributed by atoms with van der Waals surface area (Å²) in [6.45, 7) is 4.30. The average Bonchev–Trinajstić information content (AvgIpc) is 2.67. The van der Waals surface area contributed by atoms with E-state index < -0.39 is 0 Å². The van der Waals surface area contributed by atoms with Gasteiger partial charge in [0.25, 0.3) is 5.91 Å². The van der Waals surface area contributed by atoms with Crippen LogP contribution in [0.4, 0.5) is 0 Å². The van der Waals surface area contributed by atoms with Gasteiger partial charge in [-0.25, -0.2) is 0 Å². The predicted octanol–water partition coefficient (Wildman–Crippen LogP) is 0.0513. The van der Waals surface area contributed by atoms with Crippen molar-refractivity contribution in [1.82, 2.24) is 20.1 Å². The van der Waals surface area contributed by atoms with Crippen LogP contribution in [0, 0.1) is 0 Å². The van der Waals surface area contributed by atoms with Gasteiger partial charge < -0.3 is 19.9 Å². The van der Waals surface area contributed by atoms with Gasteiger partial charge >= 0.3 is 0 Å². The van der Waals surface area contributed by atoms with Crippen molar-refractivity contribution >= 4 is 17.7 Å². The molecule has 26 heavy (non-hydrogen) atoms. The molecule has 0 bridgehead atoms. The maximum absolute atomic E-state index is 12.5. The van der Waals surface area contributed by atoms with E-state index in [0.717, 1.165) is 12.8 Å². The molecule has 8 heteroatoms. The summed E-state index contributed by atoms with van der Waals surface area (Å²) < 4.78 is 5.98. The Labute approximate surface area is 152 Å². The van der Waals surface area contributed by atoms with Crippen LogP contribution in [0.2, 0.25) is 0 Å². The molecule has 3 amide bonds. The van der Waals surface area contributed by atoms with E-state index in [4.69, 9.17) is 4.74 Å². The molecule has 140 valence electrons. The first-order valence-electron chi connectivity index (χ1n) is 8.85. The van der Waals surface area contributed by atoms with Gasteiger partial charge in [0.2, 0.25) is 11.8 Å². The van der Waals surface area contributed by atoms with E-state index in [9.17, 15) is 14.4 Å². The van der Waals surface area contributed by atoms with E-state index in [1.54, 1.807) is 30.2 Å². The van der Waals surface area contributed by atoms with Gasteiger partial charge in [-0.1, -0.05) is 0 Å². The summed E-state index contributed by atoms with van der Waals surface area (Å²) in [6.07, 6.45) is 4.50. The molecule has 1 spiro atoms. The smallest absolute Gasteiger partial charge is 0.253 e. The predicted molar refractivity (Wildman–Crippen MR) is 93.3 cm³/mol. The second kappa shape index (κ2) is 7.82. The van der Waals surface area contributed by atoms with Gasteiger partial charge in [-0.05, 0) is 25.0 Å². The minimum Gasteiger partial charge on any atom is -0.371 e. The number of carbonyl (C=O) groups excluding carboxylic acids is 3. The molecule has 8 nitrogen and oxygen atoms in total. The summed E-state index contributed by atoms with van der Waals surface area (Å²) in [5.41, 5.74) is 0.0445. The number of nitrogens with zero attached hydrogens (tertiary/aromatic N) is 3. The lowest BCUT2D eigenvalue weighted by molar-refractivity contribution is -0.162. The number of carbonyl (C=O) groups is 3. The summed E-state index contributed by atoms with van der Waals surface area (Å²) in [5, 5.41) is 2.65. The van der Waals surface area contributed by atoms with Crippen LogP contribution >= 0.6 is 0 Å². The van der Waals surface area contributed by atoms with Crippen molar-refractivity contribution in [2.75, 3.05) is 39.3 Å². The quantitative estimate of drug-likeness (QED) is 0.822. The number of amides is 3. The lowest BCUT2D eigenvalue weighted by Crippen LogP contribution is -2.59. The SMILES string of the molecule is CC(=O)N1CCC2(CC1)CN(C(=O)CNC(=O)c1cccnc1)CCO2. The second-order valence-corrected chi connectivity index (χ2v) is 6.78. The third-order valence-electron chi connectivity index (χ3n) is 5.05. The van der Waals surface area contributed by atoms with Gasteiger partial charge in [-0.15, -0.1) is 0 Å². The fourth-order valence-electron chi connectivity index (χ4n) is 3.46. The average molecular weight is 360 g/mol. The standard InChI is InChI=1S/C18H24N4O4/c1-14(23)21-7-4-18(5-8-21)13-22(9-10-26-18)16(24)12-20-17(25)15-3-2-6-19-11-15/h2-3,6,11H,4-5,7-10,12-13H2,1H3,(H,20,25). The number of rotatable bonds is 3. The molecule has 0 aliphatic carbocycles. The third kappa shape index (κ3) is 4.19. The Morgan fingerprint density at radius 1 is 1.23 bits per heavy atom. The first-order valence-corrected chi connectivity index (χ1v) is 8.85. The van der Waals surface area contributed by atoms with Crippen LogP contribution in [0.15, 0.2) is 24.5 Å². The third-order valence-corrected chi connectivity index (χ3v) is 5.05. The Balaban J connectivity index is 1.52. The summed E-state index contributed by atoms with van der Waals surface area (Å²) in [7, 11) is 0. The molecular weight excluding hydrogens is 336 g/mol. The van der Waals surface area contributed by atoms with Crippen molar-refractivity contribution in [1.29, 1.82) is 0 Å². The van der Waals surface area contributed by atoms with E-state index in [-0.39, 0.29) is 29.9 Å². The van der Waals surface area contributed by atoms with Crippen LogP contribution in [0.3, 0.4) is 0 Å². The Morgan fingerprint density at radius 3 is 2.65 bits per heavy atom. The highest BCUT2D eigenvalue weighted by Crippen LogP contribution is 2.30. The fourth-order valence-corrected chi connectivity index (χ4v) is 3.46. The van der Waals surface area contributed by atoms with Crippen molar-refractivity contribution in [3.05, 3.63) is 30.1 Å². The minimum atomic E-state index is -0.382. The van der Waals surface area contributed by atoms with Gasteiger partial charge in [0, 0.05) is 45.5 Å². The molecule has 1 aromatic heterocycles. The highest BCUT2D eigenvalue weighted by molar-refractivity contribution is 5.96. The van der Waals surface area contributed by atoms with Crippen LogP contribution in [-0.2, 0) is 14.3 Å². The first-order chi connectivity index (χ1) is 12.5. The van der Waals surface area contributed by atoms with Gasteiger partial charge in [0.05, 0.1) is 24.3 Å². The molecule has 3 heterocycles.